The minimum atomic E-state index is -0.971. The van der Waals surface area contributed by atoms with Crippen molar-refractivity contribution in [1.29, 1.82) is 0 Å². The highest BCUT2D eigenvalue weighted by atomic mass is 16.3. The molecule has 0 aromatic carbocycles. The second kappa shape index (κ2) is 6.71. The second-order valence-corrected chi connectivity index (χ2v) is 5.46. The fourth-order valence-corrected chi connectivity index (χ4v) is 2.49. The molecule has 7 nitrogen and oxygen atoms in total. The minimum Gasteiger partial charge on any atom is -0.383 e. The first kappa shape index (κ1) is 15.5. The summed E-state index contributed by atoms with van der Waals surface area (Å²) in [6.45, 7) is 2.80. The number of aliphatic hydroxyl groups excluding tert-OH is 1. The van der Waals surface area contributed by atoms with Gasteiger partial charge in [0.2, 0.25) is 5.91 Å². The highest BCUT2D eigenvalue weighted by Crippen LogP contribution is 2.11. The Morgan fingerprint density at radius 3 is 2.95 bits per heavy atom. The smallest absolute Gasteiger partial charge is 0.251 e. The van der Waals surface area contributed by atoms with Crippen molar-refractivity contribution in [3.05, 3.63) is 17.5 Å². The molecule has 7 heteroatoms. The molecule has 2 heterocycles. The van der Waals surface area contributed by atoms with E-state index in [0.717, 1.165) is 24.1 Å². The monoisotopic (exact) mass is 294 g/mol. The van der Waals surface area contributed by atoms with Crippen molar-refractivity contribution < 1.29 is 14.7 Å². The number of carbonyl (C=O) groups excluding carboxylic acids is 2. The fourth-order valence-electron chi connectivity index (χ4n) is 2.49. The molecule has 1 aromatic rings. The molecular weight excluding hydrogens is 272 g/mol. The Balaban J connectivity index is 1.86. The van der Waals surface area contributed by atoms with Crippen LogP contribution >= 0.6 is 0 Å². The lowest BCUT2D eigenvalue weighted by Crippen LogP contribution is -2.44. The first-order valence-corrected chi connectivity index (χ1v) is 7.20. The quantitative estimate of drug-likeness (QED) is 0.799. The van der Waals surface area contributed by atoms with Crippen LogP contribution in [0.3, 0.4) is 0 Å². The van der Waals surface area contributed by atoms with Crippen molar-refractivity contribution in [2.75, 3.05) is 13.1 Å². The van der Waals surface area contributed by atoms with Gasteiger partial charge >= 0.3 is 0 Å². The maximum atomic E-state index is 12.0. The third kappa shape index (κ3) is 4.04. The van der Waals surface area contributed by atoms with Crippen molar-refractivity contribution in [3.8, 4) is 0 Å². The Hall–Kier alpha value is -1.89. The Morgan fingerprint density at radius 2 is 2.29 bits per heavy atom. The Morgan fingerprint density at radius 1 is 1.52 bits per heavy atom. The average Bonchev–Trinajstić information content (AvgIpc) is 2.68. The number of carbonyl (C=O) groups is 2. The molecule has 2 rings (SSSR count). The van der Waals surface area contributed by atoms with Crippen LogP contribution in [0.2, 0.25) is 0 Å². The summed E-state index contributed by atoms with van der Waals surface area (Å²) in [5, 5.41) is 16.6. The number of nitrogens with one attached hydrogen (secondary N) is 1. The molecule has 21 heavy (non-hydrogen) atoms. The van der Waals surface area contributed by atoms with E-state index in [9.17, 15) is 14.7 Å². The van der Waals surface area contributed by atoms with E-state index in [1.807, 2.05) is 20.2 Å². The van der Waals surface area contributed by atoms with Crippen LogP contribution < -0.4 is 5.32 Å². The van der Waals surface area contributed by atoms with Gasteiger partial charge in [0.1, 0.15) is 6.10 Å². The number of amides is 2. The molecular formula is C14H22N4O3. The van der Waals surface area contributed by atoms with E-state index in [-0.39, 0.29) is 18.4 Å². The van der Waals surface area contributed by atoms with E-state index < -0.39 is 6.10 Å². The van der Waals surface area contributed by atoms with Gasteiger partial charge in [0.15, 0.2) is 0 Å². The van der Waals surface area contributed by atoms with Crippen LogP contribution in [0.5, 0.6) is 0 Å². The van der Waals surface area contributed by atoms with Crippen molar-refractivity contribution in [1.82, 2.24) is 20.0 Å². The number of likely N-dealkylation sites (tertiary alicyclic amines) is 1. The Kier molecular flexibility index (Phi) is 4.95. The Labute approximate surface area is 123 Å². The van der Waals surface area contributed by atoms with Crippen molar-refractivity contribution in [2.24, 2.45) is 7.05 Å². The summed E-state index contributed by atoms with van der Waals surface area (Å²) in [7, 11) is 1.83. The molecule has 0 saturated carbocycles. The molecule has 1 atom stereocenters. The summed E-state index contributed by atoms with van der Waals surface area (Å²) in [4.78, 5) is 25.3. The largest absolute Gasteiger partial charge is 0.383 e. The lowest BCUT2D eigenvalue weighted by atomic mass is 10.2. The number of rotatable bonds is 4. The van der Waals surface area contributed by atoms with Crippen molar-refractivity contribution >= 4 is 11.8 Å². The molecule has 1 aliphatic heterocycles. The zero-order chi connectivity index (χ0) is 15.4. The van der Waals surface area contributed by atoms with Gasteiger partial charge in [-0.15, -0.1) is 0 Å². The van der Waals surface area contributed by atoms with Gasteiger partial charge in [-0.1, -0.05) is 0 Å². The molecule has 0 bridgehead atoms. The maximum absolute atomic E-state index is 12.0. The van der Waals surface area contributed by atoms with Gasteiger partial charge in [-0.25, -0.2) is 0 Å². The SMILES string of the molecule is Cc1nn(C)cc1CNC(=O)CN1CCCCC(O)C1=O. The Bertz CT molecular complexity index is 526. The van der Waals surface area contributed by atoms with Crippen LogP contribution in [-0.4, -0.2) is 50.8 Å². The lowest BCUT2D eigenvalue weighted by Gasteiger charge is -2.21. The summed E-state index contributed by atoms with van der Waals surface area (Å²) in [6, 6.07) is 0. The molecule has 1 unspecified atom stereocenters. The standard InChI is InChI=1S/C14H22N4O3/c1-10-11(8-17(2)16-10)7-15-13(20)9-18-6-4-3-5-12(19)14(18)21/h8,12,19H,3-7,9H2,1-2H3,(H,15,20). The van der Waals surface area contributed by atoms with Crippen LogP contribution in [0.25, 0.3) is 0 Å². The molecule has 2 N–H and O–H groups in total. The van der Waals surface area contributed by atoms with E-state index in [4.69, 9.17) is 0 Å². The zero-order valence-electron chi connectivity index (χ0n) is 12.5. The molecule has 0 radical (unpaired) electrons. The number of aromatic nitrogens is 2. The van der Waals surface area contributed by atoms with Gasteiger partial charge in [-0.2, -0.15) is 5.10 Å². The van der Waals surface area contributed by atoms with Gasteiger partial charge in [-0.3, -0.25) is 14.3 Å². The number of aliphatic hydroxyl groups is 1. The summed E-state index contributed by atoms with van der Waals surface area (Å²) in [5.41, 5.74) is 1.83. The third-order valence-corrected chi connectivity index (χ3v) is 3.68. The van der Waals surface area contributed by atoms with Crippen molar-refractivity contribution in [3.63, 3.8) is 0 Å². The van der Waals surface area contributed by atoms with E-state index in [2.05, 4.69) is 10.4 Å². The molecule has 1 aliphatic rings. The van der Waals surface area contributed by atoms with Gasteiger partial charge < -0.3 is 15.3 Å². The van der Waals surface area contributed by atoms with E-state index in [1.54, 1.807) is 4.68 Å². The molecule has 116 valence electrons. The molecule has 1 aromatic heterocycles. The number of nitrogens with zero attached hydrogens (tertiary/aromatic N) is 3. The highest BCUT2D eigenvalue weighted by Gasteiger charge is 2.26. The van der Waals surface area contributed by atoms with Crippen LogP contribution in [0.15, 0.2) is 6.20 Å². The predicted octanol–water partition coefficient (Wildman–Crippen LogP) is -0.282. The predicted molar refractivity (Wildman–Crippen MR) is 76.2 cm³/mol. The van der Waals surface area contributed by atoms with E-state index in [1.165, 1.54) is 4.90 Å². The summed E-state index contributed by atoms with van der Waals surface area (Å²) in [6.07, 6.45) is 2.99. The van der Waals surface area contributed by atoms with Crippen LogP contribution in [0.1, 0.15) is 30.5 Å². The van der Waals surface area contributed by atoms with Crippen LogP contribution in [0, 0.1) is 6.92 Å². The first-order chi connectivity index (χ1) is 9.97. The fraction of sp³-hybridized carbons (Fsp3) is 0.643. The van der Waals surface area contributed by atoms with Crippen LogP contribution in [-0.2, 0) is 23.2 Å². The van der Waals surface area contributed by atoms with Gasteiger partial charge in [-0.05, 0) is 26.2 Å². The minimum absolute atomic E-state index is 0.00476. The summed E-state index contributed by atoms with van der Waals surface area (Å²) < 4.78 is 1.70. The number of hydrogen-bond acceptors (Lipinski definition) is 4. The molecule has 0 spiro atoms. The van der Waals surface area contributed by atoms with Crippen molar-refractivity contribution in [2.45, 2.75) is 38.8 Å². The summed E-state index contributed by atoms with van der Waals surface area (Å²) in [5.74, 6) is -0.569. The molecule has 1 saturated heterocycles. The van der Waals surface area contributed by atoms with Gasteiger partial charge in [0.05, 0.1) is 12.2 Å². The number of hydrogen-bond donors (Lipinski definition) is 2. The average molecular weight is 294 g/mol. The van der Waals surface area contributed by atoms with E-state index >= 15 is 0 Å². The first-order valence-electron chi connectivity index (χ1n) is 7.20. The zero-order valence-corrected chi connectivity index (χ0v) is 12.5. The molecule has 2 amide bonds. The van der Waals surface area contributed by atoms with Crippen LogP contribution in [0.4, 0.5) is 0 Å². The second-order valence-electron chi connectivity index (χ2n) is 5.46. The topological polar surface area (TPSA) is 87.5 Å². The van der Waals surface area contributed by atoms with Gasteiger partial charge in [0, 0.05) is 31.9 Å². The molecule has 1 fully saturated rings. The number of aryl methyl sites for hydroxylation is 2. The normalized spacial score (nSPS) is 19.5. The van der Waals surface area contributed by atoms with E-state index in [0.29, 0.717) is 19.5 Å². The molecule has 0 aliphatic carbocycles. The maximum Gasteiger partial charge on any atom is 0.251 e. The lowest BCUT2D eigenvalue weighted by molar-refractivity contribution is -0.142. The highest BCUT2D eigenvalue weighted by molar-refractivity contribution is 5.87. The van der Waals surface area contributed by atoms with Gasteiger partial charge in [0.25, 0.3) is 5.91 Å². The third-order valence-electron chi connectivity index (χ3n) is 3.68. The summed E-state index contributed by atoms with van der Waals surface area (Å²) >= 11 is 0.